The summed E-state index contributed by atoms with van der Waals surface area (Å²) in [6.45, 7) is 3.97. The molecule has 0 aliphatic carbocycles. The second-order valence-corrected chi connectivity index (χ2v) is 6.87. The van der Waals surface area contributed by atoms with E-state index in [4.69, 9.17) is 19.3 Å². The molecule has 0 atom stereocenters. The number of amidine groups is 2. The van der Waals surface area contributed by atoms with Gasteiger partial charge in [-0.1, -0.05) is 18.7 Å². The van der Waals surface area contributed by atoms with Crippen LogP contribution < -0.4 is 9.47 Å². The van der Waals surface area contributed by atoms with E-state index in [2.05, 4.69) is 16.7 Å². The first-order valence-electron chi connectivity index (χ1n) is 8.56. The van der Waals surface area contributed by atoms with Crippen molar-refractivity contribution in [3.63, 3.8) is 0 Å². The summed E-state index contributed by atoms with van der Waals surface area (Å²) < 4.78 is 16.2. The average molecular weight is 408 g/mol. The lowest BCUT2D eigenvalue weighted by molar-refractivity contribution is -0.114. The van der Waals surface area contributed by atoms with Gasteiger partial charge in [-0.05, 0) is 47.7 Å². The van der Waals surface area contributed by atoms with Crippen LogP contribution in [0.15, 0.2) is 69.3 Å². The number of benzene rings is 1. The van der Waals surface area contributed by atoms with Gasteiger partial charge in [-0.15, -0.1) is 0 Å². The first-order chi connectivity index (χ1) is 14.1. The van der Waals surface area contributed by atoms with Gasteiger partial charge in [-0.2, -0.15) is 15.1 Å². The maximum atomic E-state index is 12.5. The van der Waals surface area contributed by atoms with Crippen LogP contribution in [-0.4, -0.2) is 40.7 Å². The Morgan fingerprint density at radius 3 is 2.93 bits per heavy atom. The summed E-state index contributed by atoms with van der Waals surface area (Å²) in [5.74, 6) is 1.06. The highest BCUT2D eigenvalue weighted by Gasteiger charge is 2.36. The van der Waals surface area contributed by atoms with Crippen molar-refractivity contribution in [3.05, 3.63) is 66.1 Å². The number of amides is 1. The van der Waals surface area contributed by atoms with Crippen molar-refractivity contribution in [2.75, 3.05) is 13.7 Å². The van der Waals surface area contributed by atoms with Crippen LogP contribution in [-0.2, 0) is 4.79 Å². The van der Waals surface area contributed by atoms with Crippen molar-refractivity contribution in [1.82, 2.24) is 5.01 Å². The number of carbonyl (C=O) groups is 1. The lowest BCUT2D eigenvalue weighted by Gasteiger charge is -2.20. The number of hydrazone groups is 1. The standard InChI is InChI=1S/C20H16N4O4S/c1-3-8-27-14-7-6-12(11-16(14)26-2)10-13-17(21)24-20(22-18(13)25)29-19(23-24)15-5-4-9-28-15/h3-7,9-11,21H,1,8H2,2H3/b13-10-,21-17?. The van der Waals surface area contributed by atoms with Gasteiger partial charge in [-0.3, -0.25) is 10.2 Å². The van der Waals surface area contributed by atoms with Crippen molar-refractivity contribution in [2.24, 2.45) is 10.1 Å². The van der Waals surface area contributed by atoms with Gasteiger partial charge in [0.1, 0.15) is 6.61 Å². The molecule has 146 valence electrons. The molecule has 8 nitrogen and oxygen atoms in total. The van der Waals surface area contributed by atoms with Crippen molar-refractivity contribution in [3.8, 4) is 11.5 Å². The number of rotatable bonds is 6. The summed E-state index contributed by atoms with van der Waals surface area (Å²) in [5.41, 5.74) is 0.794. The predicted molar refractivity (Wildman–Crippen MR) is 112 cm³/mol. The van der Waals surface area contributed by atoms with Crippen molar-refractivity contribution < 1.29 is 18.7 Å². The minimum absolute atomic E-state index is 0.0555. The monoisotopic (exact) mass is 408 g/mol. The summed E-state index contributed by atoms with van der Waals surface area (Å²) >= 11 is 1.18. The highest BCUT2D eigenvalue weighted by atomic mass is 32.2. The molecule has 0 saturated carbocycles. The fourth-order valence-electron chi connectivity index (χ4n) is 2.70. The van der Waals surface area contributed by atoms with Crippen LogP contribution in [0.2, 0.25) is 0 Å². The maximum absolute atomic E-state index is 12.5. The van der Waals surface area contributed by atoms with Crippen LogP contribution in [0.5, 0.6) is 11.5 Å². The molecule has 1 N–H and O–H groups in total. The minimum atomic E-state index is -0.504. The minimum Gasteiger partial charge on any atom is -0.493 e. The van der Waals surface area contributed by atoms with E-state index < -0.39 is 5.91 Å². The lowest BCUT2D eigenvalue weighted by atomic mass is 10.1. The van der Waals surface area contributed by atoms with Gasteiger partial charge in [0, 0.05) is 0 Å². The number of hydrogen-bond donors (Lipinski definition) is 1. The Kier molecular flexibility index (Phi) is 5.05. The number of furan rings is 1. The third-order valence-corrected chi connectivity index (χ3v) is 4.96. The third kappa shape index (κ3) is 3.59. The fraction of sp³-hybridized carbons (Fsp3) is 0.100. The van der Waals surface area contributed by atoms with Crippen LogP contribution in [0.3, 0.4) is 0 Å². The Bertz CT molecular complexity index is 1090. The molecule has 0 fully saturated rings. The number of ether oxygens (including phenoxy) is 2. The Morgan fingerprint density at radius 2 is 2.21 bits per heavy atom. The van der Waals surface area contributed by atoms with Crippen LogP contribution in [0, 0.1) is 5.41 Å². The first kappa shape index (κ1) is 18.8. The molecule has 1 aromatic heterocycles. The Hall–Kier alpha value is -3.59. The van der Waals surface area contributed by atoms with E-state index in [1.54, 1.807) is 42.5 Å². The van der Waals surface area contributed by atoms with Crippen LogP contribution in [0.25, 0.3) is 6.08 Å². The fourth-order valence-corrected chi connectivity index (χ4v) is 3.56. The number of aliphatic imine (C=N–C) groups is 1. The zero-order chi connectivity index (χ0) is 20.4. The highest BCUT2D eigenvalue weighted by Crippen LogP contribution is 2.32. The second kappa shape index (κ2) is 7.80. The number of methoxy groups -OCH3 is 1. The zero-order valence-electron chi connectivity index (χ0n) is 15.4. The van der Waals surface area contributed by atoms with Gasteiger partial charge in [0.25, 0.3) is 5.91 Å². The van der Waals surface area contributed by atoms with Crippen LogP contribution in [0.4, 0.5) is 0 Å². The molecule has 2 aromatic rings. The first-order valence-corrected chi connectivity index (χ1v) is 9.38. The van der Waals surface area contributed by atoms with Gasteiger partial charge < -0.3 is 13.9 Å². The zero-order valence-corrected chi connectivity index (χ0v) is 16.2. The molecule has 0 spiro atoms. The quantitative estimate of drug-likeness (QED) is 0.580. The van der Waals surface area contributed by atoms with Gasteiger partial charge in [0.05, 0.1) is 18.9 Å². The molecule has 4 rings (SSSR count). The highest BCUT2D eigenvalue weighted by molar-refractivity contribution is 8.27. The maximum Gasteiger partial charge on any atom is 0.283 e. The molecule has 3 heterocycles. The molecule has 2 aliphatic heterocycles. The van der Waals surface area contributed by atoms with Gasteiger partial charge in [0.15, 0.2) is 28.1 Å². The van der Waals surface area contributed by atoms with Gasteiger partial charge >= 0.3 is 0 Å². The van der Waals surface area contributed by atoms with Crippen molar-refractivity contribution >= 4 is 39.8 Å². The van der Waals surface area contributed by atoms with E-state index in [0.717, 1.165) is 0 Å². The lowest BCUT2D eigenvalue weighted by Crippen LogP contribution is -2.35. The Morgan fingerprint density at radius 1 is 1.34 bits per heavy atom. The van der Waals surface area contributed by atoms with Crippen molar-refractivity contribution in [2.45, 2.75) is 0 Å². The van der Waals surface area contributed by atoms with Crippen LogP contribution in [0.1, 0.15) is 11.3 Å². The van der Waals surface area contributed by atoms with E-state index in [1.807, 2.05) is 0 Å². The molecule has 2 aliphatic rings. The van der Waals surface area contributed by atoms with E-state index >= 15 is 0 Å². The molecule has 1 aromatic carbocycles. The molecular weight excluding hydrogens is 392 g/mol. The molecule has 9 heteroatoms. The van der Waals surface area contributed by atoms with E-state index in [0.29, 0.717) is 39.6 Å². The SMILES string of the molecule is C=CCOc1ccc(/C=C2/C(=N)N3N=C(c4ccco4)SC3=NC2=O)cc1OC. The second-order valence-electron chi connectivity index (χ2n) is 5.91. The molecule has 29 heavy (non-hydrogen) atoms. The summed E-state index contributed by atoms with van der Waals surface area (Å²) in [4.78, 5) is 16.6. The van der Waals surface area contributed by atoms with E-state index in [9.17, 15) is 4.79 Å². The predicted octanol–water partition coefficient (Wildman–Crippen LogP) is 3.52. The van der Waals surface area contributed by atoms with Crippen LogP contribution >= 0.6 is 11.8 Å². The van der Waals surface area contributed by atoms with Crippen molar-refractivity contribution in [1.29, 1.82) is 5.41 Å². The van der Waals surface area contributed by atoms with Gasteiger partial charge in [-0.25, -0.2) is 0 Å². The van der Waals surface area contributed by atoms with E-state index in [1.165, 1.54) is 30.1 Å². The van der Waals surface area contributed by atoms with E-state index in [-0.39, 0.29) is 11.4 Å². The smallest absolute Gasteiger partial charge is 0.283 e. The number of nitrogens with zero attached hydrogens (tertiary/aromatic N) is 3. The normalized spacial score (nSPS) is 17.1. The largest absolute Gasteiger partial charge is 0.493 e. The molecule has 0 saturated heterocycles. The topological polar surface area (TPSA) is 100 Å². The molecular formula is C20H16N4O4S. The Labute approximate surface area is 170 Å². The number of hydrogen-bond acceptors (Lipinski definition) is 7. The number of carbonyl (C=O) groups excluding carboxylic acids is 1. The summed E-state index contributed by atoms with van der Waals surface area (Å²) in [6, 6.07) is 8.73. The summed E-state index contributed by atoms with van der Waals surface area (Å²) in [5, 5.41) is 15.0. The van der Waals surface area contributed by atoms with Gasteiger partial charge in [0.2, 0.25) is 5.17 Å². The molecule has 0 unspecified atom stereocenters. The molecule has 0 bridgehead atoms. The number of thioether (sulfide) groups is 1. The number of fused-ring (bicyclic) bond motifs is 1. The summed E-state index contributed by atoms with van der Waals surface area (Å²) in [7, 11) is 1.53. The molecule has 0 radical (unpaired) electrons. The number of nitrogens with one attached hydrogen (secondary N) is 1. The Balaban J connectivity index is 1.64. The molecule has 1 amide bonds. The third-order valence-electron chi connectivity index (χ3n) is 4.04. The summed E-state index contributed by atoms with van der Waals surface area (Å²) in [6.07, 6.45) is 4.75. The average Bonchev–Trinajstić information content (AvgIpc) is 3.39.